The van der Waals surface area contributed by atoms with E-state index in [-0.39, 0.29) is 0 Å². The van der Waals surface area contributed by atoms with Crippen molar-refractivity contribution in [2.45, 2.75) is 26.3 Å². The van der Waals surface area contributed by atoms with Crippen molar-refractivity contribution >= 4 is 11.7 Å². The summed E-state index contributed by atoms with van der Waals surface area (Å²) in [6.45, 7) is 5.08. The van der Waals surface area contributed by atoms with Crippen molar-refractivity contribution < 1.29 is 19.4 Å². The van der Waals surface area contributed by atoms with Crippen molar-refractivity contribution in [1.29, 1.82) is 0 Å². The second-order valence-electron chi connectivity index (χ2n) is 4.58. The minimum Gasteiger partial charge on any atom is -0.493 e. The molecule has 0 aliphatic rings. The van der Waals surface area contributed by atoms with E-state index < -0.39 is 11.5 Å². The summed E-state index contributed by atoms with van der Waals surface area (Å²) in [4.78, 5) is 11.1. The van der Waals surface area contributed by atoms with E-state index in [1.807, 2.05) is 6.92 Å². The number of rotatable bonds is 5. The molecule has 0 aliphatic carbocycles. The third-order valence-electron chi connectivity index (χ3n) is 2.71. The maximum Gasteiger partial charge on any atom is 0.328 e. The van der Waals surface area contributed by atoms with Crippen LogP contribution in [0.25, 0.3) is 0 Å². The molecule has 0 amide bonds. The van der Waals surface area contributed by atoms with Crippen LogP contribution in [-0.2, 0) is 4.79 Å². The fourth-order valence-electron chi connectivity index (χ4n) is 1.51. The number of carbonyl (C=O) groups is 1. The Balaban J connectivity index is 3.14. The van der Waals surface area contributed by atoms with Gasteiger partial charge in [-0.3, -0.25) is 0 Å². The molecule has 2 N–H and O–H groups in total. The normalized spacial score (nSPS) is 10.9. The van der Waals surface area contributed by atoms with Crippen LogP contribution in [0.5, 0.6) is 11.5 Å². The summed E-state index contributed by atoms with van der Waals surface area (Å²) in [7, 11) is 3.10. The van der Waals surface area contributed by atoms with Crippen LogP contribution in [0, 0.1) is 6.92 Å². The first-order chi connectivity index (χ1) is 8.31. The maximum atomic E-state index is 11.1. The Morgan fingerprint density at radius 1 is 1.22 bits per heavy atom. The summed E-state index contributed by atoms with van der Waals surface area (Å²) in [6.07, 6.45) is 0. The van der Waals surface area contributed by atoms with Crippen molar-refractivity contribution in [2.24, 2.45) is 0 Å². The predicted octanol–water partition coefficient (Wildman–Crippen LogP) is 2.29. The Labute approximate surface area is 107 Å². The van der Waals surface area contributed by atoms with Crippen LogP contribution in [-0.4, -0.2) is 30.8 Å². The first kappa shape index (κ1) is 14.2. The highest BCUT2D eigenvalue weighted by atomic mass is 16.5. The molecule has 18 heavy (non-hydrogen) atoms. The van der Waals surface area contributed by atoms with Crippen LogP contribution in [0.15, 0.2) is 12.1 Å². The number of hydrogen-bond acceptors (Lipinski definition) is 4. The van der Waals surface area contributed by atoms with Gasteiger partial charge in [-0.1, -0.05) is 0 Å². The average molecular weight is 253 g/mol. The Bertz CT molecular complexity index is 455. The van der Waals surface area contributed by atoms with Crippen molar-refractivity contribution in [3.8, 4) is 11.5 Å². The van der Waals surface area contributed by atoms with Gasteiger partial charge in [0.1, 0.15) is 5.54 Å². The molecule has 0 atom stereocenters. The molecule has 0 aromatic heterocycles. The van der Waals surface area contributed by atoms with Crippen LogP contribution in [0.2, 0.25) is 0 Å². The summed E-state index contributed by atoms with van der Waals surface area (Å²) in [5.41, 5.74) is 0.548. The van der Waals surface area contributed by atoms with Gasteiger partial charge in [-0.25, -0.2) is 4.79 Å². The monoisotopic (exact) mass is 253 g/mol. The molecule has 1 aromatic carbocycles. The molecule has 0 radical (unpaired) electrons. The molecule has 5 heteroatoms. The number of methoxy groups -OCH3 is 2. The number of aryl methyl sites for hydroxylation is 1. The summed E-state index contributed by atoms with van der Waals surface area (Å²) in [5.74, 6) is 0.261. The van der Waals surface area contributed by atoms with Crippen LogP contribution in [0.3, 0.4) is 0 Å². The second-order valence-corrected chi connectivity index (χ2v) is 4.58. The van der Waals surface area contributed by atoms with Gasteiger partial charge in [-0.2, -0.15) is 0 Å². The molecule has 0 aliphatic heterocycles. The zero-order valence-corrected chi connectivity index (χ0v) is 11.3. The third kappa shape index (κ3) is 2.85. The number of carboxylic acid groups (broad SMARTS) is 1. The number of nitrogens with one attached hydrogen (secondary N) is 1. The Kier molecular flexibility index (Phi) is 4.06. The smallest absolute Gasteiger partial charge is 0.328 e. The molecule has 0 spiro atoms. The van der Waals surface area contributed by atoms with Gasteiger partial charge in [-0.15, -0.1) is 0 Å². The van der Waals surface area contributed by atoms with Crippen molar-refractivity contribution in [3.05, 3.63) is 17.7 Å². The summed E-state index contributed by atoms with van der Waals surface area (Å²) < 4.78 is 10.4. The third-order valence-corrected chi connectivity index (χ3v) is 2.71. The van der Waals surface area contributed by atoms with Crippen molar-refractivity contribution in [3.63, 3.8) is 0 Å². The molecular weight excluding hydrogens is 234 g/mol. The van der Waals surface area contributed by atoms with E-state index in [0.717, 1.165) is 5.56 Å². The topological polar surface area (TPSA) is 67.8 Å². The Hall–Kier alpha value is -1.91. The number of aliphatic carboxylic acids is 1. The van der Waals surface area contributed by atoms with Gasteiger partial charge in [0.2, 0.25) is 0 Å². The second kappa shape index (κ2) is 5.16. The van der Waals surface area contributed by atoms with Crippen LogP contribution < -0.4 is 14.8 Å². The average Bonchev–Trinajstić information content (AvgIpc) is 2.30. The minimum absolute atomic E-state index is 0.562. The molecule has 0 heterocycles. The van der Waals surface area contributed by atoms with Gasteiger partial charge in [-0.05, 0) is 32.4 Å². The maximum absolute atomic E-state index is 11.1. The molecule has 0 unspecified atom stereocenters. The highest BCUT2D eigenvalue weighted by Gasteiger charge is 2.27. The van der Waals surface area contributed by atoms with Gasteiger partial charge < -0.3 is 19.9 Å². The predicted molar refractivity (Wildman–Crippen MR) is 69.6 cm³/mol. The van der Waals surface area contributed by atoms with E-state index in [4.69, 9.17) is 14.6 Å². The van der Waals surface area contributed by atoms with Gasteiger partial charge >= 0.3 is 5.97 Å². The van der Waals surface area contributed by atoms with E-state index >= 15 is 0 Å². The lowest BCUT2D eigenvalue weighted by atomic mass is 10.0. The molecule has 0 saturated heterocycles. The zero-order chi connectivity index (χ0) is 13.9. The number of ether oxygens (including phenoxy) is 2. The van der Waals surface area contributed by atoms with Gasteiger partial charge in [0, 0.05) is 11.8 Å². The standard InChI is InChI=1S/C13H19NO4/c1-8-6-10(17-4)11(18-5)7-9(8)14-13(2,3)12(15)16/h6-7,14H,1-5H3,(H,15,16). The number of carboxylic acids is 1. The first-order valence-electron chi connectivity index (χ1n) is 5.56. The molecule has 100 valence electrons. The zero-order valence-electron chi connectivity index (χ0n) is 11.3. The number of hydrogen-bond donors (Lipinski definition) is 2. The molecule has 5 nitrogen and oxygen atoms in total. The Morgan fingerprint density at radius 3 is 2.17 bits per heavy atom. The van der Waals surface area contributed by atoms with E-state index in [0.29, 0.717) is 17.2 Å². The minimum atomic E-state index is -1.05. The van der Waals surface area contributed by atoms with Gasteiger partial charge in [0.15, 0.2) is 11.5 Å². The molecule has 1 rings (SSSR count). The van der Waals surface area contributed by atoms with Crippen LogP contribution in [0.4, 0.5) is 5.69 Å². The van der Waals surface area contributed by atoms with E-state index in [9.17, 15) is 4.79 Å². The lowest BCUT2D eigenvalue weighted by Gasteiger charge is -2.24. The summed E-state index contributed by atoms with van der Waals surface area (Å²) in [6, 6.07) is 3.54. The highest BCUT2D eigenvalue weighted by Crippen LogP contribution is 2.34. The Morgan fingerprint density at radius 2 is 1.72 bits per heavy atom. The van der Waals surface area contributed by atoms with Gasteiger partial charge in [0.25, 0.3) is 0 Å². The molecule has 0 bridgehead atoms. The lowest BCUT2D eigenvalue weighted by molar-refractivity contribution is -0.141. The lowest BCUT2D eigenvalue weighted by Crippen LogP contribution is -2.40. The quantitative estimate of drug-likeness (QED) is 0.842. The van der Waals surface area contributed by atoms with E-state index in [1.165, 1.54) is 0 Å². The number of benzene rings is 1. The van der Waals surface area contributed by atoms with E-state index in [1.54, 1.807) is 40.2 Å². The molecule has 1 aromatic rings. The van der Waals surface area contributed by atoms with Crippen molar-refractivity contribution in [1.82, 2.24) is 0 Å². The molecule has 0 fully saturated rings. The SMILES string of the molecule is COc1cc(C)c(NC(C)(C)C(=O)O)cc1OC. The summed E-state index contributed by atoms with van der Waals surface area (Å²) >= 11 is 0. The van der Waals surface area contributed by atoms with E-state index in [2.05, 4.69) is 5.32 Å². The van der Waals surface area contributed by atoms with Gasteiger partial charge in [0.05, 0.1) is 14.2 Å². The molecular formula is C13H19NO4. The number of anilines is 1. The first-order valence-corrected chi connectivity index (χ1v) is 5.56. The largest absolute Gasteiger partial charge is 0.493 e. The fourth-order valence-corrected chi connectivity index (χ4v) is 1.51. The summed E-state index contributed by atoms with van der Waals surface area (Å²) in [5, 5.41) is 12.1. The molecule has 0 saturated carbocycles. The van der Waals surface area contributed by atoms with Crippen molar-refractivity contribution in [2.75, 3.05) is 19.5 Å². The van der Waals surface area contributed by atoms with Crippen LogP contribution >= 0.6 is 0 Å². The fraction of sp³-hybridized carbons (Fsp3) is 0.462. The van der Waals surface area contributed by atoms with Crippen LogP contribution in [0.1, 0.15) is 19.4 Å². The highest BCUT2D eigenvalue weighted by molar-refractivity contribution is 5.82.